The van der Waals surface area contributed by atoms with Crippen LogP contribution in [0.5, 0.6) is 0 Å². The standard InChI is InChI=1S/C15H12N4O2/c20-15(21)13(10-4-2-1-3-5-10)18-12-7-6-11-14(19-12)17-9-8-16-11/h1-9,13H,(H,20,21)(H,17,18,19). The predicted molar refractivity (Wildman–Crippen MR) is 77.8 cm³/mol. The van der Waals surface area contributed by atoms with Gasteiger partial charge in [0.25, 0.3) is 0 Å². The van der Waals surface area contributed by atoms with Crippen molar-refractivity contribution in [3.8, 4) is 0 Å². The molecule has 1 aromatic carbocycles. The Morgan fingerprint density at radius 2 is 1.81 bits per heavy atom. The molecule has 0 aliphatic rings. The van der Waals surface area contributed by atoms with E-state index in [1.807, 2.05) is 6.07 Å². The number of benzene rings is 1. The van der Waals surface area contributed by atoms with Crippen molar-refractivity contribution in [3.63, 3.8) is 0 Å². The van der Waals surface area contributed by atoms with Crippen molar-refractivity contribution in [2.45, 2.75) is 6.04 Å². The molecule has 0 spiro atoms. The van der Waals surface area contributed by atoms with Crippen LogP contribution < -0.4 is 5.32 Å². The molecule has 2 heterocycles. The molecular formula is C15H12N4O2. The SMILES string of the molecule is O=C(O)C(Nc1ccc2nccnc2n1)c1ccccc1. The van der Waals surface area contributed by atoms with E-state index in [2.05, 4.69) is 20.3 Å². The Hall–Kier alpha value is -3.02. The van der Waals surface area contributed by atoms with Gasteiger partial charge >= 0.3 is 5.97 Å². The van der Waals surface area contributed by atoms with Gasteiger partial charge in [-0.15, -0.1) is 0 Å². The normalized spacial score (nSPS) is 12.0. The third kappa shape index (κ3) is 2.79. The van der Waals surface area contributed by atoms with Gasteiger partial charge in [0.1, 0.15) is 11.3 Å². The zero-order chi connectivity index (χ0) is 14.7. The van der Waals surface area contributed by atoms with Crippen LogP contribution in [0.4, 0.5) is 5.82 Å². The molecule has 2 N–H and O–H groups in total. The highest BCUT2D eigenvalue weighted by atomic mass is 16.4. The lowest BCUT2D eigenvalue weighted by Gasteiger charge is -2.15. The van der Waals surface area contributed by atoms with Gasteiger partial charge in [-0.1, -0.05) is 30.3 Å². The van der Waals surface area contributed by atoms with E-state index in [1.165, 1.54) is 0 Å². The second kappa shape index (κ2) is 5.54. The predicted octanol–water partition coefficient (Wildman–Crippen LogP) is 2.26. The lowest BCUT2D eigenvalue weighted by Crippen LogP contribution is -2.21. The van der Waals surface area contributed by atoms with Gasteiger partial charge in [-0.3, -0.25) is 4.98 Å². The van der Waals surface area contributed by atoms with Crippen molar-refractivity contribution >= 4 is 23.0 Å². The molecule has 0 radical (unpaired) electrons. The Kier molecular flexibility index (Phi) is 3.42. The number of aromatic nitrogens is 3. The van der Waals surface area contributed by atoms with Gasteiger partial charge < -0.3 is 10.4 Å². The first-order chi connectivity index (χ1) is 10.2. The van der Waals surface area contributed by atoms with Crippen LogP contribution in [0.2, 0.25) is 0 Å². The summed E-state index contributed by atoms with van der Waals surface area (Å²) in [6.45, 7) is 0. The first kappa shape index (κ1) is 13.0. The molecule has 1 unspecified atom stereocenters. The van der Waals surface area contributed by atoms with Gasteiger partial charge in [0, 0.05) is 12.4 Å². The summed E-state index contributed by atoms with van der Waals surface area (Å²) in [5, 5.41) is 12.3. The minimum absolute atomic E-state index is 0.444. The number of nitrogens with one attached hydrogen (secondary N) is 1. The number of rotatable bonds is 4. The summed E-state index contributed by atoms with van der Waals surface area (Å²) in [6, 6.07) is 11.5. The molecule has 0 bridgehead atoms. The molecule has 2 aromatic heterocycles. The number of hydrogen-bond donors (Lipinski definition) is 2. The van der Waals surface area contributed by atoms with Crippen molar-refractivity contribution in [3.05, 3.63) is 60.4 Å². The topological polar surface area (TPSA) is 88.0 Å². The van der Waals surface area contributed by atoms with E-state index in [4.69, 9.17) is 0 Å². The molecule has 0 aliphatic heterocycles. The van der Waals surface area contributed by atoms with Gasteiger partial charge in [-0.05, 0) is 17.7 Å². The molecule has 0 saturated heterocycles. The quantitative estimate of drug-likeness (QED) is 0.762. The molecule has 0 amide bonds. The largest absolute Gasteiger partial charge is 0.479 e. The zero-order valence-corrected chi connectivity index (χ0v) is 11.0. The monoisotopic (exact) mass is 280 g/mol. The van der Waals surface area contributed by atoms with Crippen LogP contribution in [0.3, 0.4) is 0 Å². The Morgan fingerprint density at radius 3 is 2.57 bits per heavy atom. The molecule has 0 aliphatic carbocycles. The van der Waals surface area contributed by atoms with Crippen molar-refractivity contribution in [2.75, 3.05) is 5.32 Å². The summed E-state index contributed by atoms with van der Waals surface area (Å²) >= 11 is 0. The fourth-order valence-corrected chi connectivity index (χ4v) is 2.02. The molecule has 1 atom stereocenters. The van der Waals surface area contributed by atoms with Gasteiger partial charge in [0.2, 0.25) is 0 Å². The van der Waals surface area contributed by atoms with Crippen LogP contribution in [-0.2, 0) is 4.79 Å². The average molecular weight is 280 g/mol. The number of carboxylic acids is 1. The summed E-state index contributed by atoms with van der Waals surface area (Å²) in [4.78, 5) is 24.0. The lowest BCUT2D eigenvalue weighted by atomic mass is 10.1. The molecule has 104 valence electrons. The van der Waals surface area contributed by atoms with E-state index < -0.39 is 12.0 Å². The first-order valence-corrected chi connectivity index (χ1v) is 6.36. The number of aliphatic carboxylic acids is 1. The van der Waals surface area contributed by atoms with E-state index in [1.54, 1.807) is 48.8 Å². The first-order valence-electron chi connectivity index (χ1n) is 6.36. The minimum Gasteiger partial charge on any atom is -0.479 e. The van der Waals surface area contributed by atoms with Crippen molar-refractivity contribution in [1.82, 2.24) is 15.0 Å². The average Bonchev–Trinajstić information content (AvgIpc) is 2.53. The Balaban J connectivity index is 1.93. The number of pyridine rings is 1. The number of anilines is 1. The van der Waals surface area contributed by atoms with Gasteiger partial charge in [-0.2, -0.15) is 0 Å². The molecule has 3 aromatic rings. The lowest BCUT2D eigenvalue weighted by molar-refractivity contribution is -0.138. The van der Waals surface area contributed by atoms with Crippen molar-refractivity contribution < 1.29 is 9.90 Å². The maximum absolute atomic E-state index is 11.4. The third-order valence-corrected chi connectivity index (χ3v) is 3.00. The Morgan fingerprint density at radius 1 is 1.05 bits per heavy atom. The Labute approximate surface area is 120 Å². The van der Waals surface area contributed by atoms with Crippen LogP contribution >= 0.6 is 0 Å². The maximum atomic E-state index is 11.4. The van der Waals surface area contributed by atoms with E-state index in [0.717, 1.165) is 0 Å². The smallest absolute Gasteiger partial charge is 0.330 e. The minimum atomic E-state index is -0.970. The maximum Gasteiger partial charge on any atom is 0.330 e. The third-order valence-electron chi connectivity index (χ3n) is 3.00. The van der Waals surface area contributed by atoms with Crippen LogP contribution in [0, 0.1) is 0 Å². The van der Waals surface area contributed by atoms with Gasteiger partial charge in [-0.25, -0.2) is 14.8 Å². The van der Waals surface area contributed by atoms with Gasteiger partial charge in [0.15, 0.2) is 11.7 Å². The number of carboxylic acid groups (broad SMARTS) is 1. The highest BCUT2D eigenvalue weighted by Gasteiger charge is 2.19. The highest BCUT2D eigenvalue weighted by Crippen LogP contribution is 2.19. The van der Waals surface area contributed by atoms with Crippen LogP contribution in [-0.4, -0.2) is 26.0 Å². The van der Waals surface area contributed by atoms with Crippen LogP contribution in [0.15, 0.2) is 54.9 Å². The summed E-state index contributed by atoms with van der Waals surface area (Å²) < 4.78 is 0. The summed E-state index contributed by atoms with van der Waals surface area (Å²) in [6.07, 6.45) is 3.13. The van der Waals surface area contributed by atoms with E-state index in [9.17, 15) is 9.90 Å². The summed E-state index contributed by atoms with van der Waals surface area (Å²) in [7, 11) is 0. The van der Waals surface area contributed by atoms with Crippen LogP contribution in [0.25, 0.3) is 11.2 Å². The van der Waals surface area contributed by atoms with Crippen LogP contribution in [0.1, 0.15) is 11.6 Å². The van der Waals surface area contributed by atoms with Crippen molar-refractivity contribution in [2.24, 2.45) is 0 Å². The second-order valence-electron chi connectivity index (χ2n) is 4.42. The van der Waals surface area contributed by atoms with Gasteiger partial charge in [0.05, 0.1) is 0 Å². The molecule has 3 rings (SSSR count). The molecule has 6 nitrogen and oxygen atoms in total. The fourth-order valence-electron chi connectivity index (χ4n) is 2.02. The van der Waals surface area contributed by atoms with E-state index >= 15 is 0 Å². The molecule has 6 heteroatoms. The molecule has 0 fully saturated rings. The van der Waals surface area contributed by atoms with Crippen molar-refractivity contribution in [1.29, 1.82) is 0 Å². The Bertz CT molecular complexity index is 777. The summed E-state index contributed by atoms with van der Waals surface area (Å²) in [5.41, 5.74) is 1.79. The second-order valence-corrected chi connectivity index (χ2v) is 4.42. The van der Waals surface area contributed by atoms with E-state index in [-0.39, 0.29) is 0 Å². The number of carbonyl (C=O) groups is 1. The highest BCUT2D eigenvalue weighted by molar-refractivity contribution is 5.79. The number of hydrogen-bond acceptors (Lipinski definition) is 5. The number of nitrogens with zero attached hydrogens (tertiary/aromatic N) is 3. The van der Waals surface area contributed by atoms with E-state index in [0.29, 0.717) is 22.5 Å². The molecule has 21 heavy (non-hydrogen) atoms. The number of fused-ring (bicyclic) bond motifs is 1. The summed E-state index contributed by atoms with van der Waals surface area (Å²) in [5.74, 6) is -0.526. The zero-order valence-electron chi connectivity index (χ0n) is 11.0. The molecule has 0 saturated carbocycles. The molecular weight excluding hydrogens is 268 g/mol. The fraction of sp³-hybridized carbons (Fsp3) is 0.0667.